The van der Waals surface area contributed by atoms with Crippen molar-refractivity contribution in [3.05, 3.63) is 35.9 Å². The lowest BCUT2D eigenvalue weighted by molar-refractivity contribution is -0.143. The van der Waals surface area contributed by atoms with Crippen LogP contribution in [0.15, 0.2) is 30.3 Å². The van der Waals surface area contributed by atoms with Gasteiger partial charge in [0.05, 0.1) is 12.1 Å². The Balaban J connectivity index is 2.78. The van der Waals surface area contributed by atoms with Gasteiger partial charge in [0.1, 0.15) is 18.1 Å². The zero-order valence-electron chi connectivity index (χ0n) is 22.3. The fourth-order valence-corrected chi connectivity index (χ4v) is 3.63. The maximum Gasteiger partial charge on any atom is 0.326 e. The van der Waals surface area contributed by atoms with Gasteiger partial charge in [-0.25, -0.2) is 4.79 Å². The minimum Gasteiger partial charge on any atom is -0.481 e. The zero-order chi connectivity index (χ0) is 28.8. The van der Waals surface area contributed by atoms with E-state index in [0.29, 0.717) is 13.0 Å². The lowest BCUT2D eigenvalue weighted by atomic mass is 10.0. The number of hydrogen-bond donors (Lipinski definition) is 7. The summed E-state index contributed by atoms with van der Waals surface area (Å²) in [4.78, 5) is 60.6. The number of aliphatic hydroxyl groups excluding tert-OH is 1. The summed E-state index contributed by atoms with van der Waals surface area (Å²) in [7, 11) is 0. The van der Waals surface area contributed by atoms with Crippen LogP contribution in [0, 0.1) is 5.92 Å². The number of hydrogen-bond acceptors (Lipinski definition) is 7. The number of rotatable bonds is 17. The Morgan fingerprint density at radius 1 is 0.816 bits per heavy atom. The van der Waals surface area contributed by atoms with Crippen LogP contribution < -0.4 is 21.3 Å². The lowest BCUT2D eigenvalue weighted by Gasteiger charge is -2.26. The topological polar surface area (TPSA) is 194 Å². The molecule has 7 N–H and O–H groups in total. The second-order valence-electron chi connectivity index (χ2n) is 9.55. The molecule has 212 valence electrons. The van der Waals surface area contributed by atoms with E-state index in [1.165, 1.54) is 13.8 Å². The second kappa shape index (κ2) is 16.4. The van der Waals surface area contributed by atoms with Gasteiger partial charge in [-0.05, 0) is 51.1 Å². The molecule has 1 aromatic carbocycles. The maximum atomic E-state index is 13.0. The molecule has 1 aromatic rings. The highest BCUT2D eigenvalue weighted by Crippen LogP contribution is 2.06. The number of carbonyl (C=O) groups is 5. The number of carboxylic acids is 2. The number of nitrogens with one attached hydrogen (secondary N) is 4. The number of carbonyl (C=O) groups excluding carboxylic acids is 3. The highest BCUT2D eigenvalue weighted by Gasteiger charge is 2.32. The van der Waals surface area contributed by atoms with Gasteiger partial charge in [0.2, 0.25) is 17.7 Å². The van der Waals surface area contributed by atoms with Gasteiger partial charge >= 0.3 is 11.9 Å². The number of aliphatic carboxylic acids is 2. The highest BCUT2D eigenvalue weighted by molar-refractivity contribution is 5.94. The van der Waals surface area contributed by atoms with E-state index in [4.69, 9.17) is 5.11 Å². The Bertz CT molecular complexity index is 938. The van der Waals surface area contributed by atoms with E-state index >= 15 is 0 Å². The molecule has 0 radical (unpaired) electrons. The molecule has 12 nitrogen and oxygen atoms in total. The van der Waals surface area contributed by atoms with E-state index in [1.54, 1.807) is 13.8 Å². The third-order valence-electron chi connectivity index (χ3n) is 5.88. The first-order valence-corrected chi connectivity index (χ1v) is 12.6. The fourth-order valence-electron chi connectivity index (χ4n) is 3.63. The standard InChI is InChI=1S/C26H40N4O8/c1-15(2)21(26(37)38)29-23(34)16(3)28-25(36)22(17(4)31)30-24(35)19(12-13-20(32)33)27-14-8-11-18-9-6-5-7-10-18/h5-7,9-10,15-17,19,21-22,27,31H,8,11-14H2,1-4H3,(H,28,36)(H,29,34)(H,30,35)(H,32,33)(H,37,38)/t16-,17?,19-,21-,22-/m0/s1. The predicted octanol–water partition coefficient (Wildman–Crippen LogP) is 0.0379. The van der Waals surface area contributed by atoms with E-state index in [9.17, 15) is 34.2 Å². The first kappa shape index (κ1) is 32.5. The molecule has 0 aliphatic rings. The number of amides is 3. The molecule has 0 heterocycles. The van der Waals surface area contributed by atoms with Crippen LogP contribution in [0.2, 0.25) is 0 Å². The van der Waals surface area contributed by atoms with E-state index < -0.39 is 65.8 Å². The molecule has 1 unspecified atom stereocenters. The third-order valence-corrected chi connectivity index (χ3v) is 5.88. The van der Waals surface area contributed by atoms with Crippen LogP contribution in [-0.4, -0.2) is 81.8 Å². The van der Waals surface area contributed by atoms with Crippen LogP contribution in [0.5, 0.6) is 0 Å². The SMILES string of the molecule is CC(C)[C@H](NC(=O)[C@H](C)NC(=O)[C@@H](NC(=O)[C@H](CCC(=O)O)NCCCc1ccccc1)C(C)O)C(=O)O. The number of aliphatic hydroxyl groups is 1. The van der Waals surface area contributed by atoms with Gasteiger partial charge in [-0.2, -0.15) is 0 Å². The Kier molecular flexibility index (Phi) is 14.0. The van der Waals surface area contributed by atoms with Crippen LogP contribution in [0.25, 0.3) is 0 Å². The summed E-state index contributed by atoms with van der Waals surface area (Å²) in [6.45, 7) is 6.29. The second-order valence-corrected chi connectivity index (χ2v) is 9.55. The van der Waals surface area contributed by atoms with Crippen molar-refractivity contribution in [2.75, 3.05) is 6.54 Å². The van der Waals surface area contributed by atoms with Crippen molar-refractivity contribution in [1.29, 1.82) is 0 Å². The maximum absolute atomic E-state index is 13.0. The molecule has 5 atom stereocenters. The molecule has 0 aliphatic carbocycles. The molecule has 38 heavy (non-hydrogen) atoms. The quantitative estimate of drug-likeness (QED) is 0.135. The summed E-state index contributed by atoms with van der Waals surface area (Å²) in [5, 5.41) is 38.7. The summed E-state index contributed by atoms with van der Waals surface area (Å²) >= 11 is 0. The summed E-state index contributed by atoms with van der Waals surface area (Å²) in [6.07, 6.45) is -0.228. The normalized spacial score (nSPS) is 15.0. The monoisotopic (exact) mass is 536 g/mol. The molecule has 0 saturated heterocycles. The fraction of sp³-hybridized carbons (Fsp3) is 0.577. The largest absolute Gasteiger partial charge is 0.481 e. The first-order valence-electron chi connectivity index (χ1n) is 12.6. The van der Waals surface area contributed by atoms with E-state index in [2.05, 4.69) is 21.3 Å². The van der Waals surface area contributed by atoms with Crippen LogP contribution in [0.1, 0.15) is 52.5 Å². The van der Waals surface area contributed by atoms with Crippen LogP contribution in [0.4, 0.5) is 0 Å². The number of benzene rings is 1. The predicted molar refractivity (Wildman–Crippen MR) is 139 cm³/mol. The molecule has 0 saturated carbocycles. The van der Waals surface area contributed by atoms with Crippen molar-refractivity contribution in [3.63, 3.8) is 0 Å². The molecular weight excluding hydrogens is 496 g/mol. The summed E-state index contributed by atoms with van der Waals surface area (Å²) in [6, 6.07) is 5.04. The van der Waals surface area contributed by atoms with Crippen molar-refractivity contribution in [1.82, 2.24) is 21.3 Å². The summed E-state index contributed by atoms with van der Waals surface area (Å²) < 4.78 is 0. The van der Waals surface area contributed by atoms with Crippen molar-refractivity contribution in [3.8, 4) is 0 Å². The van der Waals surface area contributed by atoms with Gasteiger partial charge in [-0.3, -0.25) is 19.2 Å². The van der Waals surface area contributed by atoms with Gasteiger partial charge in [-0.15, -0.1) is 0 Å². The molecule has 12 heteroatoms. The highest BCUT2D eigenvalue weighted by atomic mass is 16.4. The zero-order valence-corrected chi connectivity index (χ0v) is 22.3. The van der Waals surface area contributed by atoms with Gasteiger partial charge in [-0.1, -0.05) is 44.2 Å². The Morgan fingerprint density at radius 2 is 1.42 bits per heavy atom. The number of carboxylic acid groups (broad SMARTS) is 2. The van der Waals surface area contributed by atoms with E-state index in [-0.39, 0.29) is 12.8 Å². The molecule has 0 aliphatic heterocycles. The van der Waals surface area contributed by atoms with Gasteiger partial charge in [0.25, 0.3) is 0 Å². The third kappa shape index (κ3) is 11.7. The lowest BCUT2D eigenvalue weighted by Crippen LogP contribution is -2.59. The minimum absolute atomic E-state index is 0.0365. The van der Waals surface area contributed by atoms with Crippen LogP contribution in [-0.2, 0) is 30.4 Å². The summed E-state index contributed by atoms with van der Waals surface area (Å²) in [5.74, 6) is -4.96. The molecule has 0 bridgehead atoms. The smallest absolute Gasteiger partial charge is 0.326 e. The van der Waals surface area contributed by atoms with Gasteiger partial charge in [0, 0.05) is 6.42 Å². The van der Waals surface area contributed by atoms with Crippen molar-refractivity contribution in [2.45, 2.75) is 83.6 Å². The Hall–Kier alpha value is -3.51. The van der Waals surface area contributed by atoms with Crippen molar-refractivity contribution in [2.24, 2.45) is 5.92 Å². The van der Waals surface area contributed by atoms with Crippen molar-refractivity contribution < 1.29 is 39.3 Å². The molecule has 0 fully saturated rings. The van der Waals surface area contributed by atoms with Gasteiger partial charge in [0.15, 0.2) is 0 Å². The summed E-state index contributed by atoms with van der Waals surface area (Å²) in [5.41, 5.74) is 1.12. The van der Waals surface area contributed by atoms with Crippen molar-refractivity contribution >= 4 is 29.7 Å². The average Bonchev–Trinajstić information content (AvgIpc) is 2.84. The molecule has 1 rings (SSSR count). The average molecular weight is 537 g/mol. The molecule has 0 aromatic heterocycles. The Labute approximate surface area is 222 Å². The molecular formula is C26H40N4O8. The Morgan fingerprint density at radius 3 is 1.95 bits per heavy atom. The van der Waals surface area contributed by atoms with E-state index in [1.807, 2.05) is 30.3 Å². The van der Waals surface area contributed by atoms with Crippen LogP contribution in [0.3, 0.4) is 0 Å². The minimum atomic E-state index is -1.43. The molecule has 3 amide bonds. The first-order chi connectivity index (χ1) is 17.8. The molecule has 0 spiro atoms. The van der Waals surface area contributed by atoms with E-state index in [0.717, 1.165) is 12.0 Å². The van der Waals surface area contributed by atoms with Crippen LogP contribution >= 0.6 is 0 Å². The number of aryl methyl sites for hydroxylation is 1. The van der Waals surface area contributed by atoms with Gasteiger partial charge < -0.3 is 36.6 Å².